The summed E-state index contributed by atoms with van der Waals surface area (Å²) in [5.41, 5.74) is 9.79. The average Bonchev–Trinajstić information content (AvgIpc) is 3.25. The van der Waals surface area contributed by atoms with E-state index in [1.54, 1.807) is 47.8 Å². The van der Waals surface area contributed by atoms with Gasteiger partial charge in [-0.2, -0.15) is 0 Å². The molecule has 1 aliphatic rings. The summed E-state index contributed by atoms with van der Waals surface area (Å²) in [7, 11) is 0. The highest BCUT2D eigenvalue weighted by atomic mass is 35.5. The second-order valence-electron chi connectivity index (χ2n) is 7.46. The molecule has 9 heteroatoms. The number of hydrogen-bond donors (Lipinski definition) is 1. The van der Waals surface area contributed by atoms with Gasteiger partial charge in [-0.3, -0.25) is 14.2 Å². The van der Waals surface area contributed by atoms with Crippen LogP contribution in [0.25, 0.3) is 16.9 Å². The summed E-state index contributed by atoms with van der Waals surface area (Å²) in [6.45, 7) is 2.20. The van der Waals surface area contributed by atoms with Gasteiger partial charge in [-0.1, -0.05) is 23.6 Å². The number of carbonyl (C=O) groups is 1. The van der Waals surface area contributed by atoms with Crippen LogP contribution in [0.1, 0.15) is 21.6 Å². The molecule has 8 nitrogen and oxygen atoms in total. The molecule has 5 rings (SSSR count). The maximum Gasteiger partial charge on any atom is 0.255 e. The summed E-state index contributed by atoms with van der Waals surface area (Å²) in [4.78, 5) is 27.4. The number of fused-ring (bicyclic) bond motifs is 1. The van der Waals surface area contributed by atoms with E-state index in [9.17, 15) is 4.79 Å². The van der Waals surface area contributed by atoms with Crippen molar-refractivity contribution in [3.05, 3.63) is 77.0 Å². The van der Waals surface area contributed by atoms with Crippen molar-refractivity contribution in [3.8, 4) is 23.1 Å². The number of hydrogen-bond acceptors (Lipinski definition) is 6. The Bertz CT molecular complexity index is 1420. The Hall–Kier alpha value is -3.93. The van der Waals surface area contributed by atoms with E-state index in [1.165, 1.54) is 0 Å². The zero-order chi connectivity index (χ0) is 22.8. The Balaban J connectivity index is 1.45. The van der Waals surface area contributed by atoms with Crippen LogP contribution in [-0.4, -0.2) is 56.5 Å². The van der Waals surface area contributed by atoms with E-state index < -0.39 is 0 Å². The predicted octanol–water partition coefficient (Wildman–Crippen LogP) is 2.90. The Morgan fingerprint density at radius 2 is 1.91 bits per heavy atom. The molecule has 0 unspecified atom stereocenters. The van der Waals surface area contributed by atoms with Gasteiger partial charge in [-0.25, -0.2) is 9.97 Å². The van der Waals surface area contributed by atoms with Crippen LogP contribution in [0.15, 0.2) is 55.1 Å². The van der Waals surface area contributed by atoms with Gasteiger partial charge in [0.05, 0.1) is 41.9 Å². The first-order valence-corrected chi connectivity index (χ1v) is 10.7. The molecule has 0 saturated carbocycles. The van der Waals surface area contributed by atoms with E-state index in [1.807, 2.05) is 16.7 Å². The van der Waals surface area contributed by atoms with Crippen LogP contribution in [0.2, 0.25) is 5.02 Å². The second-order valence-corrected chi connectivity index (χ2v) is 7.87. The van der Waals surface area contributed by atoms with Crippen LogP contribution in [0.3, 0.4) is 0 Å². The topological polar surface area (TPSA) is 98.6 Å². The average molecular weight is 459 g/mol. The number of aromatic nitrogens is 4. The number of rotatable bonds is 2. The van der Waals surface area contributed by atoms with Crippen molar-refractivity contribution < 1.29 is 9.53 Å². The first kappa shape index (κ1) is 20.9. The zero-order valence-corrected chi connectivity index (χ0v) is 18.3. The van der Waals surface area contributed by atoms with Crippen LogP contribution in [-0.2, 0) is 4.74 Å². The number of benzene rings is 1. The lowest BCUT2D eigenvalue weighted by Crippen LogP contribution is -2.40. The number of nitrogens with zero attached hydrogens (tertiary/aromatic N) is 5. The summed E-state index contributed by atoms with van der Waals surface area (Å²) in [5.74, 6) is 6.51. The highest BCUT2D eigenvalue weighted by molar-refractivity contribution is 6.34. The number of nitrogens with two attached hydrogens (primary N) is 1. The molecule has 4 heterocycles. The number of pyridine rings is 1. The molecule has 0 bridgehead atoms. The first-order valence-electron chi connectivity index (χ1n) is 10.3. The lowest BCUT2D eigenvalue weighted by molar-refractivity contribution is 0.0303. The summed E-state index contributed by atoms with van der Waals surface area (Å²) in [5, 5.41) is 0.381. The van der Waals surface area contributed by atoms with E-state index in [0.29, 0.717) is 59.7 Å². The van der Waals surface area contributed by atoms with E-state index in [0.717, 1.165) is 11.1 Å². The van der Waals surface area contributed by atoms with E-state index in [4.69, 9.17) is 22.1 Å². The highest BCUT2D eigenvalue weighted by Crippen LogP contribution is 2.26. The summed E-state index contributed by atoms with van der Waals surface area (Å²) < 4.78 is 7.18. The predicted molar refractivity (Wildman–Crippen MR) is 125 cm³/mol. The van der Waals surface area contributed by atoms with Gasteiger partial charge >= 0.3 is 0 Å². The number of carbonyl (C=O) groups excluding carboxylic acids is 1. The van der Waals surface area contributed by atoms with Crippen LogP contribution in [0, 0.1) is 11.8 Å². The molecule has 0 aliphatic carbocycles. The first-order chi connectivity index (χ1) is 16.1. The van der Waals surface area contributed by atoms with Crippen molar-refractivity contribution in [1.29, 1.82) is 0 Å². The fraction of sp³-hybridized carbons (Fsp3) is 0.167. The Labute approximate surface area is 195 Å². The minimum Gasteiger partial charge on any atom is -0.384 e. The van der Waals surface area contributed by atoms with Gasteiger partial charge in [0.25, 0.3) is 5.91 Å². The fourth-order valence-electron chi connectivity index (χ4n) is 3.58. The van der Waals surface area contributed by atoms with Gasteiger partial charge in [0, 0.05) is 36.6 Å². The lowest BCUT2D eigenvalue weighted by atomic mass is 10.1. The van der Waals surface area contributed by atoms with Crippen molar-refractivity contribution in [2.45, 2.75) is 0 Å². The van der Waals surface area contributed by atoms with Crippen LogP contribution < -0.4 is 5.73 Å². The summed E-state index contributed by atoms with van der Waals surface area (Å²) >= 11 is 6.49. The summed E-state index contributed by atoms with van der Waals surface area (Å²) in [6.07, 6.45) is 6.83. The quantitative estimate of drug-likeness (QED) is 0.464. The van der Waals surface area contributed by atoms with Crippen LogP contribution in [0.4, 0.5) is 5.82 Å². The maximum absolute atomic E-state index is 12.8. The molecular formula is C24H19ClN6O2. The van der Waals surface area contributed by atoms with E-state index in [-0.39, 0.29) is 5.91 Å². The minimum atomic E-state index is -0.0952. The maximum atomic E-state index is 12.8. The fourth-order valence-corrected chi connectivity index (χ4v) is 3.84. The smallest absolute Gasteiger partial charge is 0.255 e. The third kappa shape index (κ3) is 4.37. The number of anilines is 1. The van der Waals surface area contributed by atoms with Crippen LogP contribution in [0.5, 0.6) is 0 Å². The standard InChI is InChI=1S/C24H19ClN6O2/c25-20-12-17(2-4-19(20)24(32)30-7-9-33-10-8-30)21-15-31-18(13-29-23(31)14-28-21)3-1-16-5-6-27-22(26)11-16/h2,4-6,11-15H,7-10H2,(H2,26,27). The molecule has 4 aromatic rings. The van der Waals surface area contributed by atoms with Gasteiger partial charge in [-0.05, 0) is 30.2 Å². The van der Waals surface area contributed by atoms with E-state index in [2.05, 4.69) is 26.8 Å². The number of nitrogen functional groups attached to an aromatic ring is 1. The zero-order valence-electron chi connectivity index (χ0n) is 17.5. The molecule has 1 amide bonds. The number of imidazole rings is 1. The van der Waals surface area contributed by atoms with Crippen molar-refractivity contribution in [2.24, 2.45) is 0 Å². The summed E-state index contributed by atoms with van der Waals surface area (Å²) in [6, 6.07) is 8.84. The van der Waals surface area contributed by atoms with Gasteiger partial charge in [0.2, 0.25) is 0 Å². The van der Waals surface area contributed by atoms with Gasteiger partial charge in [0.15, 0.2) is 5.65 Å². The van der Waals surface area contributed by atoms with Crippen molar-refractivity contribution in [1.82, 2.24) is 24.3 Å². The third-order valence-electron chi connectivity index (χ3n) is 5.31. The van der Waals surface area contributed by atoms with Gasteiger partial charge in [0.1, 0.15) is 11.5 Å². The third-order valence-corrected chi connectivity index (χ3v) is 5.62. The number of halogens is 1. The minimum absolute atomic E-state index is 0.0952. The van der Waals surface area contributed by atoms with Gasteiger partial charge in [-0.15, -0.1) is 0 Å². The Morgan fingerprint density at radius 1 is 1.06 bits per heavy atom. The Kier molecular flexibility index (Phi) is 5.65. The molecule has 1 aromatic carbocycles. The van der Waals surface area contributed by atoms with Crippen molar-refractivity contribution in [2.75, 3.05) is 32.0 Å². The van der Waals surface area contributed by atoms with Crippen LogP contribution >= 0.6 is 11.6 Å². The Morgan fingerprint density at radius 3 is 2.70 bits per heavy atom. The largest absolute Gasteiger partial charge is 0.384 e. The molecule has 3 aromatic heterocycles. The molecule has 33 heavy (non-hydrogen) atoms. The molecule has 1 aliphatic heterocycles. The molecule has 2 N–H and O–H groups in total. The monoisotopic (exact) mass is 458 g/mol. The molecule has 0 atom stereocenters. The number of ether oxygens (including phenoxy) is 1. The molecule has 1 saturated heterocycles. The number of amides is 1. The molecule has 1 fully saturated rings. The van der Waals surface area contributed by atoms with Crippen molar-refractivity contribution >= 4 is 29.0 Å². The molecular weight excluding hydrogens is 440 g/mol. The van der Waals surface area contributed by atoms with E-state index >= 15 is 0 Å². The van der Waals surface area contributed by atoms with Gasteiger partial charge < -0.3 is 15.4 Å². The highest BCUT2D eigenvalue weighted by Gasteiger charge is 2.21. The molecule has 164 valence electrons. The molecule has 0 spiro atoms. The second kappa shape index (κ2) is 8.90. The SMILES string of the molecule is Nc1cc(C#Cc2cnc3cnc(-c4ccc(C(=O)N5CCOCC5)c(Cl)c4)cn23)ccn1. The molecule has 0 radical (unpaired) electrons. The number of morpholine rings is 1. The van der Waals surface area contributed by atoms with Crippen molar-refractivity contribution in [3.63, 3.8) is 0 Å². The normalized spacial score (nSPS) is 13.5. The lowest BCUT2D eigenvalue weighted by Gasteiger charge is -2.27.